The average Bonchev–Trinajstić information content (AvgIpc) is 3.30. The van der Waals surface area contributed by atoms with Crippen LogP contribution >= 0.6 is 0 Å². The lowest BCUT2D eigenvalue weighted by atomic mass is 10.1. The Morgan fingerprint density at radius 3 is 1.16 bits per heavy atom. The highest BCUT2D eigenvalue weighted by Crippen LogP contribution is 2.41. The minimum absolute atomic E-state index is 0.0348. The molecule has 0 saturated heterocycles. The number of sulfonamides is 2. The molecule has 28 nitrogen and oxygen atoms in total. The third-order valence-corrected chi connectivity index (χ3v) is 19.3. The second kappa shape index (κ2) is 28.7. The van der Waals surface area contributed by atoms with E-state index in [-0.39, 0.29) is 58.7 Å². The molecule has 0 radical (unpaired) electrons. The lowest BCUT2D eigenvalue weighted by molar-refractivity contribution is -0.385. The molecule has 4 aromatic heterocycles. The number of nitro groups is 2. The van der Waals surface area contributed by atoms with Gasteiger partial charge in [0.2, 0.25) is 31.5 Å². The summed E-state index contributed by atoms with van der Waals surface area (Å²) in [7, 11) is 0.597. The van der Waals surface area contributed by atoms with Crippen molar-refractivity contribution in [1.29, 1.82) is 0 Å². The van der Waals surface area contributed by atoms with E-state index in [1.165, 1.54) is 88.2 Å². The third kappa shape index (κ3) is 14.4. The van der Waals surface area contributed by atoms with Gasteiger partial charge in [0.1, 0.15) is 24.3 Å². The third-order valence-electron chi connectivity index (χ3n) is 15.3. The first-order chi connectivity index (χ1) is 42.2. The minimum atomic E-state index is -4.28. The number of non-ortho nitro benzene ring substituents is 2. The zero-order valence-electron chi connectivity index (χ0n) is 50.2. The van der Waals surface area contributed by atoms with Gasteiger partial charge in [0.05, 0.1) is 62.3 Å². The lowest BCUT2D eigenvalue weighted by Gasteiger charge is -2.30. The monoisotopic (exact) mass is 1250 g/mol. The largest absolute Gasteiger partial charge is 0.493 e. The number of ether oxygens (including phenoxy) is 6. The van der Waals surface area contributed by atoms with Gasteiger partial charge < -0.3 is 49.0 Å². The molecule has 88 heavy (non-hydrogen) atoms. The summed E-state index contributed by atoms with van der Waals surface area (Å²) in [5.41, 5.74) is 15.5. The van der Waals surface area contributed by atoms with E-state index in [0.29, 0.717) is 133 Å². The fourth-order valence-electron chi connectivity index (χ4n) is 10.7. The van der Waals surface area contributed by atoms with Crippen LogP contribution in [-0.4, -0.2) is 142 Å². The molecule has 0 aliphatic rings. The SMILES string of the molecule is COc1cc(Cc2nc3c(N)ncnc3n2CCCCC(C)N(CCCCN(C(C)CCCCn2c(Cc3cc(OC)c(OC)c(OC)c3)nc3c(N)ncnc32)S(=O)(=O)c2ccc([N+](=O)[O-])cc2)S(=O)(=O)c2ccc([N+](=O)[O-])cc2)cc(OC)c1OC. The van der Waals surface area contributed by atoms with Crippen LogP contribution in [-0.2, 0) is 46.0 Å². The van der Waals surface area contributed by atoms with Crippen LogP contribution in [0.2, 0.25) is 0 Å². The summed E-state index contributed by atoms with van der Waals surface area (Å²) in [6.07, 6.45) is 6.74. The van der Waals surface area contributed by atoms with E-state index >= 15 is 0 Å². The maximum atomic E-state index is 14.7. The Kier molecular flexibility index (Phi) is 21.2. The van der Waals surface area contributed by atoms with Crippen LogP contribution in [0.5, 0.6) is 34.5 Å². The van der Waals surface area contributed by atoms with E-state index in [1.54, 1.807) is 13.8 Å². The molecule has 470 valence electrons. The van der Waals surface area contributed by atoms with E-state index in [4.69, 9.17) is 49.9 Å². The first kappa shape index (κ1) is 65.0. The Balaban J connectivity index is 0.991. The first-order valence-electron chi connectivity index (χ1n) is 28.2. The maximum Gasteiger partial charge on any atom is 0.269 e. The van der Waals surface area contributed by atoms with Crippen LogP contribution in [0.25, 0.3) is 22.3 Å². The summed E-state index contributed by atoms with van der Waals surface area (Å²) in [5.74, 6) is 4.41. The van der Waals surface area contributed by atoms with E-state index < -0.39 is 42.0 Å². The normalized spacial score (nSPS) is 12.6. The molecule has 0 fully saturated rings. The van der Waals surface area contributed by atoms with Gasteiger partial charge in [0.25, 0.3) is 11.4 Å². The molecule has 0 amide bonds. The molecule has 8 rings (SSSR count). The fraction of sp³-hybridized carbons (Fsp3) is 0.414. The summed E-state index contributed by atoms with van der Waals surface area (Å²) in [6, 6.07) is 15.5. The highest BCUT2D eigenvalue weighted by Gasteiger charge is 2.32. The number of fused-ring (bicyclic) bond motifs is 2. The van der Waals surface area contributed by atoms with Crippen molar-refractivity contribution in [2.45, 2.75) is 113 Å². The van der Waals surface area contributed by atoms with Crippen molar-refractivity contribution in [2.75, 3.05) is 67.2 Å². The van der Waals surface area contributed by atoms with Gasteiger partial charge in [-0.1, -0.05) is 12.8 Å². The van der Waals surface area contributed by atoms with Crippen molar-refractivity contribution in [3.8, 4) is 34.5 Å². The van der Waals surface area contributed by atoms with Crippen molar-refractivity contribution in [3.05, 3.63) is 128 Å². The number of anilines is 2. The fourth-order valence-corrected chi connectivity index (χ4v) is 14.1. The van der Waals surface area contributed by atoms with Gasteiger partial charge in [0.15, 0.2) is 57.0 Å². The number of aryl methyl sites for hydroxylation is 2. The highest BCUT2D eigenvalue weighted by atomic mass is 32.2. The molecule has 30 heteroatoms. The molecule has 4 heterocycles. The molecular weight excluding hydrogens is 1180 g/mol. The molecule has 2 atom stereocenters. The van der Waals surface area contributed by atoms with Gasteiger partial charge in [-0.05, 0) is 112 Å². The summed E-state index contributed by atoms with van der Waals surface area (Å²) < 4.78 is 98.8. The number of hydrogen-bond donors (Lipinski definition) is 2. The number of nitrogens with two attached hydrogens (primary N) is 2. The number of nitrogen functional groups attached to an aromatic ring is 2. The first-order valence-corrected chi connectivity index (χ1v) is 31.1. The summed E-state index contributed by atoms with van der Waals surface area (Å²) >= 11 is 0. The van der Waals surface area contributed by atoms with Crippen molar-refractivity contribution < 1.29 is 55.1 Å². The van der Waals surface area contributed by atoms with Crippen molar-refractivity contribution in [3.63, 3.8) is 0 Å². The Morgan fingerprint density at radius 2 is 0.852 bits per heavy atom. The van der Waals surface area contributed by atoms with Crippen molar-refractivity contribution in [2.24, 2.45) is 0 Å². The van der Waals surface area contributed by atoms with E-state index in [1.807, 2.05) is 33.4 Å². The van der Waals surface area contributed by atoms with Gasteiger partial charge >= 0.3 is 0 Å². The van der Waals surface area contributed by atoms with Gasteiger partial charge in [-0.2, -0.15) is 8.61 Å². The van der Waals surface area contributed by atoms with E-state index in [0.717, 1.165) is 35.4 Å². The Labute approximate surface area is 509 Å². The standard InChI is InChI=1S/C58H72N14O14S2/c1-37(15-9-11-25-67-49(65-51-55(59)61-35-63-57(51)67)33-39-29-45(81-3)53(85-7)46(30-39)82-4)69(87(77,78)43-21-17-41(18-22-43)71(73)74)27-13-14-28-70(88(79,80)44-23-19-42(20-24-44)72(75)76)38(2)16-10-12-26-68-50(66-52-56(60)62-36-64-58(52)68)34-40-31-47(83-5)54(86-8)48(32-40)84-6/h17-24,29-32,35-38H,9-16,25-28,33-34H2,1-8H3,(H2,59,61,63)(H2,60,62,64). The quantitative estimate of drug-likeness (QED) is 0.0222. The molecule has 0 spiro atoms. The molecular formula is C58H72N14O14S2. The topological polar surface area (TPSA) is 356 Å². The predicted octanol–water partition coefficient (Wildman–Crippen LogP) is 8.16. The number of rotatable bonds is 33. The van der Waals surface area contributed by atoms with Crippen LogP contribution in [0.1, 0.15) is 88.0 Å². The number of benzene rings is 4. The van der Waals surface area contributed by atoms with Crippen molar-refractivity contribution in [1.82, 2.24) is 47.6 Å². The zero-order chi connectivity index (χ0) is 63.5. The van der Waals surface area contributed by atoms with Gasteiger partial charge in [-0.3, -0.25) is 20.2 Å². The molecule has 4 aromatic carbocycles. The Hall–Kier alpha value is -9.00. The average molecular weight is 1250 g/mol. The molecule has 0 saturated carbocycles. The molecule has 0 aliphatic carbocycles. The molecule has 0 aliphatic heterocycles. The number of aromatic nitrogens is 8. The molecule has 8 aromatic rings. The lowest BCUT2D eigenvalue weighted by Crippen LogP contribution is -2.41. The number of hydrogen-bond acceptors (Lipinski definition) is 22. The van der Waals surface area contributed by atoms with E-state index in [9.17, 15) is 37.1 Å². The van der Waals surface area contributed by atoms with Gasteiger partial charge in [-0.15, -0.1) is 0 Å². The molecule has 2 unspecified atom stereocenters. The molecule has 0 bridgehead atoms. The smallest absolute Gasteiger partial charge is 0.269 e. The summed E-state index contributed by atoms with van der Waals surface area (Å²) in [4.78, 5) is 48.7. The number of unbranched alkanes of at least 4 members (excludes halogenated alkanes) is 3. The summed E-state index contributed by atoms with van der Waals surface area (Å²) in [6.45, 7) is 4.36. The number of methoxy groups -OCH3 is 6. The Bertz CT molecular complexity index is 3690. The van der Waals surface area contributed by atoms with Crippen LogP contribution < -0.4 is 39.9 Å². The van der Waals surface area contributed by atoms with E-state index in [2.05, 4.69) is 19.9 Å². The van der Waals surface area contributed by atoms with Crippen LogP contribution in [0, 0.1) is 20.2 Å². The second-order valence-corrected chi connectivity index (χ2v) is 24.6. The van der Waals surface area contributed by atoms with Crippen LogP contribution in [0.15, 0.2) is 95.2 Å². The number of imidazole rings is 2. The van der Waals surface area contributed by atoms with Gasteiger partial charge in [0, 0.05) is 75.4 Å². The van der Waals surface area contributed by atoms with Crippen LogP contribution in [0.3, 0.4) is 0 Å². The number of nitrogens with zero attached hydrogens (tertiary/aromatic N) is 12. The zero-order valence-corrected chi connectivity index (χ0v) is 51.8. The number of nitro benzene ring substituents is 2. The van der Waals surface area contributed by atoms with Crippen LogP contribution in [0.4, 0.5) is 23.0 Å². The van der Waals surface area contributed by atoms with Crippen molar-refractivity contribution >= 4 is 65.4 Å². The Morgan fingerprint density at radius 1 is 0.511 bits per heavy atom. The van der Waals surface area contributed by atoms with Gasteiger partial charge in [-0.25, -0.2) is 46.7 Å². The maximum absolute atomic E-state index is 14.7. The summed E-state index contributed by atoms with van der Waals surface area (Å²) in [5, 5.41) is 23.2. The molecule has 4 N–H and O–H groups in total. The predicted molar refractivity (Wildman–Crippen MR) is 327 cm³/mol. The highest BCUT2D eigenvalue weighted by molar-refractivity contribution is 7.89. The second-order valence-electron chi connectivity index (χ2n) is 20.8. The minimum Gasteiger partial charge on any atom is -0.493 e.